The summed E-state index contributed by atoms with van der Waals surface area (Å²) in [5.74, 6) is 0. The van der Waals surface area contributed by atoms with E-state index in [1.807, 2.05) is 0 Å². The molecular weight excluding hydrogens is 352 g/mol. The standard InChI is InChI=1S/C27H26N2/c1-20-12-10-11-17-24(20)28-21(2)25-18-19-27(3,23-15-8-5-9-16-23)29(25)26(28)22-13-6-4-7-14-22/h4-19,26H,1-3H3. The van der Waals surface area contributed by atoms with Crippen molar-refractivity contribution in [2.45, 2.75) is 32.5 Å². The van der Waals surface area contributed by atoms with Crippen molar-refractivity contribution in [3.05, 3.63) is 125 Å². The zero-order valence-corrected chi connectivity index (χ0v) is 17.2. The fraction of sp³-hybridized carbons (Fsp3) is 0.185. The van der Waals surface area contributed by atoms with Gasteiger partial charge in [-0.3, -0.25) is 0 Å². The summed E-state index contributed by atoms with van der Waals surface area (Å²) in [6, 6.07) is 30.4. The van der Waals surface area contributed by atoms with E-state index >= 15 is 0 Å². The summed E-state index contributed by atoms with van der Waals surface area (Å²) in [7, 11) is 0. The van der Waals surface area contributed by atoms with Crippen molar-refractivity contribution < 1.29 is 0 Å². The highest BCUT2D eigenvalue weighted by Crippen LogP contribution is 2.53. The fourth-order valence-corrected chi connectivity index (χ4v) is 4.84. The highest BCUT2D eigenvalue weighted by molar-refractivity contribution is 5.64. The van der Waals surface area contributed by atoms with E-state index in [1.165, 1.54) is 33.8 Å². The Kier molecular flexibility index (Phi) is 4.09. The molecule has 144 valence electrons. The highest BCUT2D eigenvalue weighted by atomic mass is 15.4. The molecule has 2 nitrogen and oxygen atoms in total. The van der Waals surface area contributed by atoms with Gasteiger partial charge in [-0.2, -0.15) is 0 Å². The van der Waals surface area contributed by atoms with Crippen LogP contribution in [0.25, 0.3) is 0 Å². The third kappa shape index (κ3) is 2.63. The van der Waals surface area contributed by atoms with Crippen molar-refractivity contribution in [2.75, 3.05) is 4.90 Å². The Morgan fingerprint density at radius 3 is 2.07 bits per heavy atom. The van der Waals surface area contributed by atoms with Crippen molar-refractivity contribution in [3.8, 4) is 0 Å². The van der Waals surface area contributed by atoms with Gasteiger partial charge >= 0.3 is 0 Å². The Bertz CT molecular complexity index is 1100. The Hall–Kier alpha value is -3.26. The van der Waals surface area contributed by atoms with E-state index in [9.17, 15) is 0 Å². The smallest absolute Gasteiger partial charge is 0.133 e. The van der Waals surface area contributed by atoms with Crippen LogP contribution < -0.4 is 4.90 Å². The molecular formula is C27H26N2. The third-order valence-corrected chi connectivity index (χ3v) is 6.38. The van der Waals surface area contributed by atoms with E-state index in [1.54, 1.807) is 0 Å². The van der Waals surface area contributed by atoms with Crippen molar-refractivity contribution in [3.63, 3.8) is 0 Å². The van der Waals surface area contributed by atoms with Gasteiger partial charge in [0, 0.05) is 11.4 Å². The summed E-state index contributed by atoms with van der Waals surface area (Å²) in [6.45, 7) is 6.78. The zero-order chi connectivity index (χ0) is 20.0. The number of nitrogens with zero attached hydrogens (tertiary/aromatic N) is 2. The second-order valence-electron chi connectivity index (χ2n) is 8.13. The lowest BCUT2D eigenvalue weighted by molar-refractivity contribution is 0.172. The fourth-order valence-electron chi connectivity index (χ4n) is 4.84. The summed E-state index contributed by atoms with van der Waals surface area (Å²) in [4.78, 5) is 5.09. The number of anilines is 1. The molecule has 29 heavy (non-hydrogen) atoms. The lowest BCUT2D eigenvalue weighted by Gasteiger charge is -2.43. The minimum absolute atomic E-state index is 0.104. The van der Waals surface area contributed by atoms with Gasteiger partial charge in [0.05, 0.1) is 11.2 Å². The van der Waals surface area contributed by atoms with Crippen LogP contribution in [0.5, 0.6) is 0 Å². The molecule has 2 heteroatoms. The van der Waals surface area contributed by atoms with Gasteiger partial charge in [-0.15, -0.1) is 0 Å². The van der Waals surface area contributed by atoms with Gasteiger partial charge in [-0.05, 0) is 49.6 Å². The monoisotopic (exact) mass is 378 g/mol. The number of rotatable bonds is 3. The van der Waals surface area contributed by atoms with Gasteiger partial charge in [-0.25, -0.2) is 0 Å². The minimum atomic E-state index is -0.199. The normalized spacial score (nSPS) is 23.1. The number of para-hydroxylation sites is 1. The van der Waals surface area contributed by atoms with Crippen molar-refractivity contribution in [1.29, 1.82) is 0 Å². The second kappa shape index (κ2) is 6.66. The largest absolute Gasteiger partial charge is 0.332 e. The van der Waals surface area contributed by atoms with Crippen molar-refractivity contribution in [1.82, 2.24) is 4.90 Å². The van der Waals surface area contributed by atoms with E-state index in [2.05, 4.69) is 128 Å². The zero-order valence-electron chi connectivity index (χ0n) is 17.2. The van der Waals surface area contributed by atoms with Gasteiger partial charge in [-0.1, -0.05) is 84.9 Å². The van der Waals surface area contributed by atoms with E-state index in [4.69, 9.17) is 0 Å². The first-order valence-corrected chi connectivity index (χ1v) is 10.3. The number of allylic oxidation sites excluding steroid dienone is 2. The van der Waals surface area contributed by atoms with Gasteiger partial charge in [0.25, 0.3) is 0 Å². The maximum absolute atomic E-state index is 2.58. The summed E-state index contributed by atoms with van der Waals surface area (Å²) in [5.41, 5.74) is 7.57. The molecule has 3 aromatic rings. The first kappa shape index (κ1) is 17.8. The molecule has 2 aliphatic rings. The number of hydrogen-bond acceptors (Lipinski definition) is 2. The third-order valence-electron chi connectivity index (χ3n) is 6.38. The van der Waals surface area contributed by atoms with Crippen LogP contribution in [0.2, 0.25) is 0 Å². The maximum atomic E-state index is 2.58. The van der Waals surface area contributed by atoms with Crippen LogP contribution in [0.15, 0.2) is 108 Å². The molecule has 0 saturated heterocycles. The van der Waals surface area contributed by atoms with Gasteiger partial charge in [0.15, 0.2) is 0 Å². The average molecular weight is 379 g/mol. The Morgan fingerprint density at radius 2 is 1.38 bits per heavy atom. The summed E-state index contributed by atoms with van der Waals surface area (Å²) in [6.07, 6.45) is 4.76. The van der Waals surface area contributed by atoms with E-state index in [0.29, 0.717) is 0 Å². The van der Waals surface area contributed by atoms with Crippen molar-refractivity contribution in [2.24, 2.45) is 0 Å². The van der Waals surface area contributed by atoms with Crippen LogP contribution in [0.4, 0.5) is 5.69 Å². The molecule has 0 aromatic heterocycles. The maximum Gasteiger partial charge on any atom is 0.133 e. The number of benzene rings is 3. The number of fused-ring (bicyclic) bond motifs is 1. The van der Waals surface area contributed by atoms with Crippen molar-refractivity contribution >= 4 is 5.69 Å². The summed E-state index contributed by atoms with van der Waals surface area (Å²) in [5, 5.41) is 0. The molecule has 0 amide bonds. The quantitative estimate of drug-likeness (QED) is 0.511. The summed E-state index contributed by atoms with van der Waals surface area (Å²) >= 11 is 0. The van der Waals surface area contributed by atoms with Crippen LogP contribution in [-0.2, 0) is 5.54 Å². The number of aryl methyl sites for hydroxylation is 1. The molecule has 0 bridgehead atoms. The molecule has 3 aromatic carbocycles. The number of hydrogen-bond donors (Lipinski definition) is 0. The van der Waals surface area contributed by atoms with E-state index in [0.717, 1.165) is 0 Å². The SMILES string of the molecule is CC1=C2C=CC(C)(c3ccccc3)N2C(c2ccccc2)N1c1ccccc1C. The predicted octanol–water partition coefficient (Wildman–Crippen LogP) is 6.53. The average Bonchev–Trinajstić information content (AvgIpc) is 3.26. The first-order chi connectivity index (χ1) is 14.1. The highest BCUT2D eigenvalue weighted by Gasteiger charge is 2.49. The lowest BCUT2D eigenvalue weighted by Crippen LogP contribution is -2.42. The minimum Gasteiger partial charge on any atom is -0.332 e. The Labute approximate surface area is 173 Å². The molecule has 5 rings (SSSR count). The molecule has 2 unspecified atom stereocenters. The molecule has 0 spiro atoms. The van der Waals surface area contributed by atoms with Gasteiger partial charge < -0.3 is 9.80 Å². The molecule has 0 saturated carbocycles. The lowest BCUT2D eigenvalue weighted by atomic mass is 9.90. The molecule has 0 N–H and O–H groups in total. The predicted molar refractivity (Wildman–Crippen MR) is 120 cm³/mol. The summed E-state index contributed by atoms with van der Waals surface area (Å²) < 4.78 is 0. The molecule has 2 heterocycles. The van der Waals surface area contributed by atoms with Gasteiger partial charge in [0.2, 0.25) is 0 Å². The second-order valence-corrected chi connectivity index (χ2v) is 8.13. The van der Waals surface area contributed by atoms with E-state index < -0.39 is 0 Å². The Morgan fingerprint density at radius 1 is 0.759 bits per heavy atom. The van der Waals surface area contributed by atoms with Gasteiger partial charge in [0.1, 0.15) is 6.17 Å². The van der Waals surface area contributed by atoms with Crippen LogP contribution >= 0.6 is 0 Å². The molecule has 2 atom stereocenters. The topological polar surface area (TPSA) is 6.48 Å². The molecule has 0 aliphatic carbocycles. The van der Waals surface area contributed by atoms with Crippen LogP contribution in [0.1, 0.15) is 36.7 Å². The molecule has 0 radical (unpaired) electrons. The van der Waals surface area contributed by atoms with Crippen LogP contribution in [0, 0.1) is 6.92 Å². The first-order valence-electron chi connectivity index (χ1n) is 10.3. The molecule has 2 aliphatic heterocycles. The van der Waals surface area contributed by atoms with E-state index in [-0.39, 0.29) is 11.7 Å². The Balaban J connectivity index is 1.72. The van der Waals surface area contributed by atoms with Crippen LogP contribution in [-0.4, -0.2) is 4.90 Å². The van der Waals surface area contributed by atoms with Crippen LogP contribution in [0.3, 0.4) is 0 Å². The molecule has 0 fully saturated rings.